The third kappa shape index (κ3) is 2.86. The van der Waals surface area contributed by atoms with Crippen LogP contribution in [0, 0.1) is 0 Å². The van der Waals surface area contributed by atoms with Gasteiger partial charge in [0.25, 0.3) is 0 Å². The molecule has 9 nitrogen and oxygen atoms in total. The highest BCUT2D eigenvalue weighted by molar-refractivity contribution is 5.86. The predicted octanol–water partition coefficient (Wildman–Crippen LogP) is 2.60. The molecular formula is C17H19N5O4. The highest BCUT2D eigenvalue weighted by atomic mass is 16.5. The molecule has 0 saturated carbocycles. The lowest BCUT2D eigenvalue weighted by atomic mass is 10.2. The maximum absolute atomic E-state index is 10.0. The standard InChI is InChI=1S/C17H19N5O4/c1-24-10-5-6-12(25-2)11(8-10)19-15-14-16(21-17(23)20-15)22(9-18-14)13-4-3-7-26-13/h5-6,8-9,13H,3-4,7H2,1-2H3,(H2,19,20,21,23). The molecule has 2 N–H and O–H groups in total. The van der Waals surface area contributed by atoms with Gasteiger partial charge in [-0.2, -0.15) is 9.97 Å². The minimum atomic E-state index is -0.346. The lowest BCUT2D eigenvalue weighted by molar-refractivity contribution is 0.0592. The van der Waals surface area contributed by atoms with E-state index in [2.05, 4.69) is 20.3 Å². The van der Waals surface area contributed by atoms with Crippen molar-refractivity contribution in [3.05, 3.63) is 24.5 Å². The SMILES string of the molecule is COc1ccc(OC)c(Nc2nc(O)nc3c2ncn3C2CCCO2)c1. The van der Waals surface area contributed by atoms with E-state index in [1.165, 1.54) is 0 Å². The Bertz CT molecular complexity index is 936. The molecule has 1 fully saturated rings. The molecule has 0 bridgehead atoms. The zero-order valence-corrected chi connectivity index (χ0v) is 14.5. The molecule has 1 unspecified atom stereocenters. The largest absolute Gasteiger partial charge is 0.497 e. The fraction of sp³-hybridized carbons (Fsp3) is 0.353. The van der Waals surface area contributed by atoms with Gasteiger partial charge in [0.05, 0.1) is 26.2 Å². The number of imidazole rings is 1. The fourth-order valence-corrected chi connectivity index (χ4v) is 3.02. The topological polar surface area (TPSA) is 104 Å². The molecule has 0 amide bonds. The number of anilines is 2. The van der Waals surface area contributed by atoms with Gasteiger partial charge in [-0.05, 0) is 25.0 Å². The van der Waals surface area contributed by atoms with Crippen molar-refractivity contribution in [2.24, 2.45) is 0 Å². The molecule has 1 aliphatic rings. The first kappa shape index (κ1) is 16.4. The second-order valence-corrected chi connectivity index (χ2v) is 5.86. The van der Waals surface area contributed by atoms with E-state index in [0.717, 1.165) is 12.8 Å². The summed E-state index contributed by atoms with van der Waals surface area (Å²) in [6.07, 6.45) is 3.38. The summed E-state index contributed by atoms with van der Waals surface area (Å²) in [7, 11) is 3.16. The third-order valence-corrected chi connectivity index (χ3v) is 4.29. The van der Waals surface area contributed by atoms with Crippen molar-refractivity contribution in [1.82, 2.24) is 19.5 Å². The minimum Gasteiger partial charge on any atom is -0.497 e. The number of benzene rings is 1. The summed E-state index contributed by atoms with van der Waals surface area (Å²) in [5, 5.41) is 13.2. The monoisotopic (exact) mass is 357 g/mol. The molecule has 1 aliphatic heterocycles. The first-order valence-corrected chi connectivity index (χ1v) is 8.24. The molecule has 9 heteroatoms. The summed E-state index contributed by atoms with van der Waals surface area (Å²) in [5.41, 5.74) is 1.68. The Labute approximate surface area is 149 Å². The molecule has 26 heavy (non-hydrogen) atoms. The van der Waals surface area contributed by atoms with Gasteiger partial charge in [0.15, 0.2) is 17.0 Å². The van der Waals surface area contributed by atoms with Crippen molar-refractivity contribution < 1.29 is 19.3 Å². The molecule has 1 aromatic carbocycles. The van der Waals surface area contributed by atoms with Crippen molar-refractivity contribution >= 4 is 22.7 Å². The molecule has 136 valence electrons. The number of hydrogen-bond donors (Lipinski definition) is 2. The summed E-state index contributed by atoms with van der Waals surface area (Å²) in [4.78, 5) is 12.6. The molecule has 1 atom stereocenters. The highest BCUT2D eigenvalue weighted by Gasteiger charge is 2.22. The predicted molar refractivity (Wildman–Crippen MR) is 94.0 cm³/mol. The number of aromatic nitrogens is 4. The lowest BCUT2D eigenvalue weighted by Gasteiger charge is -2.13. The first-order chi connectivity index (χ1) is 12.7. The van der Waals surface area contributed by atoms with E-state index in [9.17, 15) is 5.11 Å². The highest BCUT2D eigenvalue weighted by Crippen LogP contribution is 2.34. The number of hydrogen-bond acceptors (Lipinski definition) is 8. The summed E-state index contributed by atoms with van der Waals surface area (Å²) in [6.45, 7) is 0.702. The Morgan fingerprint density at radius 1 is 1.27 bits per heavy atom. The summed E-state index contributed by atoms with van der Waals surface area (Å²) in [5.74, 6) is 1.64. The van der Waals surface area contributed by atoms with Gasteiger partial charge in [-0.15, -0.1) is 0 Å². The van der Waals surface area contributed by atoms with Crippen molar-refractivity contribution in [1.29, 1.82) is 0 Å². The molecule has 0 aliphatic carbocycles. The van der Waals surface area contributed by atoms with Gasteiger partial charge in [0.1, 0.15) is 17.7 Å². The van der Waals surface area contributed by atoms with Crippen molar-refractivity contribution in [3.63, 3.8) is 0 Å². The van der Waals surface area contributed by atoms with Crippen LogP contribution >= 0.6 is 0 Å². The third-order valence-electron chi connectivity index (χ3n) is 4.29. The first-order valence-electron chi connectivity index (χ1n) is 8.24. The van der Waals surface area contributed by atoms with E-state index in [1.807, 2.05) is 4.57 Å². The number of rotatable bonds is 5. The number of fused-ring (bicyclic) bond motifs is 1. The Balaban J connectivity index is 1.77. The van der Waals surface area contributed by atoms with Gasteiger partial charge in [0.2, 0.25) is 0 Å². The Morgan fingerprint density at radius 2 is 2.15 bits per heavy atom. The second-order valence-electron chi connectivity index (χ2n) is 5.86. The average Bonchev–Trinajstić information content (AvgIpc) is 3.30. The average molecular weight is 357 g/mol. The van der Waals surface area contributed by atoms with Crippen LogP contribution in [0.15, 0.2) is 24.5 Å². The van der Waals surface area contributed by atoms with Crippen molar-refractivity contribution in [3.8, 4) is 17.5 Å². The maximum atomic E-state index is 10.0. The van der Waals surface area contributed by atoms with Crippen LogP contribution in [0.4, 0.5) is 11.5 Å². The van der Waals surface area contributed by atoms with Crippen LogP contribution in [0.5, 0.6) is 17.5 Å². The van der Waals surface area contributed by atoms with Gasteiger partial charge in [-0.25, -0.2) is 4.98 Å². The van der Waals surface area contributed by atoms with Gasteiger partial charge in [-0.1, -0.05) is 0 Å². The fourth-order valence-electron chi connectivity index (χ4n) is 3.02. The number of nitrogens with one attached hydrogen (secondary N) is 1. The Kier molecular flexibility index (Phi) is 4.21. The zero-order valence-electron chi connectivity index (χ0n) is 14.5. The molecule has 0 spiro atoms. The zero-order chi connectivity index (χ0) is 18.1. The Hall–Kier alpha value is -3.07. The number of methoxy groups -OCH3 is 2. The van der Waals surface area contributed by atoms with Crippen LogP contribution in [0.2, 0.25) is 0 Å². The van der Waals surface area contributed by atoms with Gasteiger partial charge in [0, 0.05) is 12.7 Å². The van der Waals surface area contributed by atoms with Crippen molar-refractivity contribution in [2.45, 2.75) is 19.1 Å². The number of aromatic hydroxyl groups is 1. The van der Waals surface area contributed by atoms with Crippen molar-refractivity contribution in [2.75, 3.05) is 26.1 Å². The summed E-state index contributed by atoms with van der Waals surface area (Å²) in [6, 6.07) is 5.01. The normalized spacial score (nSPS) is 16.8. The number of ether oxygens (including phenoxy) is 3. The van der Waals surface area contributed by atoms with E-state index in [0.29, 0.717) is 40.8 Å². The van der Waals surface area contributed by atoms with Crippen LogP contribution in [-0.2, 0) is 4.74 Å². The van der Waals surface area contributed by atoms with Crippen LogP contribution in [-0.4, -0.2) is 45.5 Å². The van der Waals surface area contributed by atoms with E-state index in [4.69, 9.17) is 14.2 Å². The molecule has 4 rings (SSSR count). The molecule has 1 saturated heterocycles. The van der Waals surface area contributed by atoms with Crippen LogP contribution in [0.25, 0.3) is 11.2 Å². The van der Waals surface area contributed by atoms with Gasteiger partial charge >= 0.3 is 6.01 Å². The van der Waals surface area contributed by atoms with E-state index < -0.39 is 0 Å². The van der Waals surface area contributed by atoms with Crippen LogP contribution in [0.1, 0.15) is 19.1 Å². The van der Waals surface area contributed by atoms with Crippen LogP contribution < -0.4 is 14.8 Å². The summed E-state index contributed by atoms with van der Waals surface area (Å²) < 4.78 is 18.1. The van der Waals surface area contributed by atoms with E-state index in [-0.39, 0.29) is 12.2 Å². The molecule has 0 radical (unpaired) electrons. The summed E-state index contributed by atoms with van der Waals surface area (Å²) >= 11 is 0. The molecule has 3 aromatic rings. The minimum absolute atomic E-state index is 0.131. The molecular weight excluding hydrogens is 338 g/mol. The second kappa shape index (κ2) is 6.68. The Morgan fingerprint density at radius 3 is 2.88 bits per heavy atom. The molecule has 2 aromatic heterocycles. The quantitative estimate of drug-likeness (QED) is 0.718. The van der Waals surface area contributed by atoms with Gasteiger partial charge in [-0.3, -0.25) is 4.57 Å². The number of nitrogens with zero attached hydrogens (tertiary/aromatic N) is 4. The van der Waals surface area contributed by atoms with Gasteiger partial charge < -0.3 is 24.6 Å². The maximum Gasteiger partial charge on any atom is 0.318 e. The molecule has 3 heterocycles. The van der Waals surface area contributed by atoms with E-state index in [1.54, 1.807) is 38.7 Å². The van der Waals surface area contributed by atoms with E-state index >= 15 is 0 Å². The smallest absolute Gasteiger partial charge is 0.318 e. The van der Waals surface area contributed by atoms with Crippen LogP contribution in [0.3, 0.4) is 0 Å². The lowest BCUT2D eigenvalue weighted by Crippen LogP contribution is -2.07.